The smallest absolute Gasteiger partial charge is 0.449 e. The van der Waals surface area contributed by atoms with Crippen LogP contribution in [0.5, 0.6) is 0 Å². The van der Waals surface area contributed by atoms with Crippen molar-refractivity contribution in [3.05, 3.63) is 0 Å². The minimum absolute atomic E-state index is 0.00344. The normalized spacial score (nSPS) is 17.5. The largest absolute Gasteiger partial charge is 0.465 e. The van der Waals surface area contributed by atoms with Crippen molar-refractivity contribution in [1.29, 1.82) is 0 Å². The summed E-state index contributed by atoms with van der Waals surface area (Å²) < 4.78 is 81.4. The Labute approximate surface area is 294 Å². The van der Waals surface area contributed by atoms with E-state index in [0.717, 1.165) is 51.4 Å². The van der Waals surface area contributed by atoms with Crippen LogP contribution in [0.1, 0.15) is 177 Å². The fourth-order valence-corrected chi connectivity index (χ4v) is 9.12. The minimum atomic E-state index is -5.59. The molecule has 0 aliphatic carbocycles. The van der Waals surface area contributed by atoms with Crippen LogP contribution in [0.4, 0.5) is 0 Å². The van der Waals surface area contributed by atoms with Crippen LogP contribution in [0, 0.1) is 29.1 Å². The molecule has 2 N–H and O–H groups in total. The maximum atomic E-state index is 15.0. The van der Waals surface area contributed by atoms with Gasteiger partial charge in [0.2, 0.25) is 4.75 Å². The van der Waals surface area contributed by atoms with E-state index in [1.54, 1.807) is 0 Å². The van der Waals surface area contributed by atoms with Crippen molar-refractivity contribution in [2.45, 2.75) is 182 Å². The fraction of sp³-hybridized carbons (Fsp3) is 0.944. The predicted octanol–water partition coefficient (Wildman–Crippen LogP) is 9.52. The number of rotatable bonds is 29. The monoisotopic (exact) mass is 726 g/mol. The number of unbranched alkanes of at least 4 members (excludes halogenated alkanes) is 4. The highest BCUT2D eigenvalue weighted by Gasteiger charge is 2.71. The van der Waals surface area contributed by atoms with Crippen molar-refractivity contribution in [2.75, 3.05) is 6.61 Å². The van der Waals surface area contributed by atoms with Crippen LogP contribution in [0.2, 0.25) is 0 Å². The van der Waals surface area contributed by atoms with Gasteiger partial charge in [-0.25, -0.2) is 4.79 Å². The molecule has 0 amide bonds. The summed E-state index contributed by atoms with van der Waals surface area (Å²) in [5.74, 6) is -3.79. The molecule has 0 radical (unpaired) electrons. The van der Waals surface area contributed by atoms with Crippen LogP contribution >= 0.6 is 0 Å². The SMILES string of the molecule is CCCCC(CC)COC(=O)C(CC(CC)CCCC)(CC(CC)CCCC)C(CC(CC)CCCC)(C(=O)OS(=O)(=O)O)S(=O)(=O)O. The van der Waals surface area contributed by atoms with E-state index in [4.69, 9.17) is 4.74 Å². The second-order valence-corrected chi connectivity index (χ2v) is 16.7. The first-order valence-corrected chi connectivity index (χ1v) is 21.7. The van der Waals surface area contributed by atoms with E-state index in [1.165, 1.54) is 0 Å². The molecule has 0 saturated heterocycles. The van der Waals surface area contributed by atoms with Gasteiger partial charge in [0, 0.05) is 0 Å². The number of ether oxygens (including phenoxy) is 1. The third-order valence-electron chi connectivity index (χ3n) is 10.6. The molecule has 0 aromatic carbocycles. The Hall–Kier alpha value is -1.24. The van der Waals surface area contributed by atoms with Crippen molar-refractivity contribution in [3.8, 4) is 0 Å². The maximum Gasteiger partial charge on any atom is 0.449 e. The molecule has 0 fully saturated rings. The Morgan fingerprint density at radius 3 is 1.23 bits per heavy atom. The van der Waals surface area contributed by atoms with Gasteiger partial charge < -0.3 is 8.92 Å². The average Bonchev–Trinajstić information content (AvgIpc) is 3.02. The van der Waals surface area contributed by atoms with Gasteiger partial charge >= 0.3 is 22.3 Å². The molecule has 0 aromatic heterocycles. The molecule has 10 nitrogen and oxygen atoms in total. The minimum Gasteiger partial charge on any atom is -0.465 e. The number of hydrogen-bond acceptors (Lipinski definition) is 8. The molecular weight excluding hydrogens is 657 g/mol. The van der Waals surface area contributed by atoms with Crippen molar-refractivity contribution < 1.29 is 44.5 Å². The van der Waals surface area contributed by atoms with E-state index >= 15 is 4.79 Å². The summed E-state index contributed by atoms with van der Waals surface area (Å²) in [6.45, 7) is 15.8. The second kappa shape index (κ2) is 23.3. The first-order valence-electron chi connectivity index (χ1n) is 18.9. The Balaban J connectivity index is 8.23. The quantitative estimate of drug-likeness (QED) is 0.0561. The summed E-state index contributed by atoms with van der Waals surface area (Å²) in [7, 11) is -11.1. The third kappa shape index (κ3) is 14.2. The number of carbonyl (C=O) groups excluding carboxylic acids is 2. The fourth-order valence-electron chi connectivity index (χ4n) is 7.29. The Morgan fingerprint density at radius 2 is 0.917 bits per heavy atom. The lowest BCUT2D eigenvalue weighted by Crippen LogP contribution is -2.65. The van der Waals surface area contributed by atoms with Crippen molar-refractivity contribution >= 4 is 32.5 Å². The molecule has 0 spiro atoms. The van der Waals surface area contributed by atoms with Crippen LogP contribution in [-0.4, -0.2) is 49.2 Å². The number of hydrogen-bond donors (Lipinski definition) is 2. The number of carbonyl (C=O) groups is 2. The summed E-state index contributed by atoms with van der Waals surface area (Å²) in [4.78, 5) is 29.4. The maximum absolute atomic E-state index is 15.0. The van der Waals surface area contributed by atoms with Gasteiger partial charge in [-0.3, -0.25) is 13.9 Å². The van der Waals surface area contributed by atoms with Crippen LogP contribution in [-0.2, 0) is 39.0 Å². The van der Waals surface area contributed by atoms with Crippen LogP contribution in [0.25, 0.3) is 0 Å². The van der Waals surface area contributed by atoms with Crippen molar-refractivity contribution in [2.24, 2.45) is 29.1 Å². The Kier molecular flexibility index (Phi) is 22.7. The molecule has 0 aromatic rings. The third-order valence-corrected chi connectivity index (χ3v) is 12.6. The highest BCUT2D eigenvalue weighted by molar-refractivity contribution is 7.88. The van der Waals surface area contributed by atoms with Crippen molar-refractivity contribution in [1.82, 2.24) is 0 Å². The summed E-state index contributed by atoms with van der Waals surface area (Å²) >= 11 is 0. The van der Waals surface area contributed by atoms with Gasteiger partial charge in [0.25, 0.3) is 10.1 Å². The van der Waals surface area contributed by atoms with E-state index in [1.807, 2.05) is 48.5 Å². The van der Waals surface area contributed by atoms with Crippen LogP contribution in [0.3, 0.4) is 0 Å². The van der Waals surface area contributed by atoms with Gasteiger partial charge in [0.05, 0.1) is 6.61 Å². The van der Waals surface area contributed by atoms with Crippen LogP contribution in [0.15, 0.2) is 0 Å². The van der Waals surface area contributed by atoms with Gasteiger partial charge in [0.1, 0.15) is 5.41 Å². The standard InChI is InChI=1S/C36H70O10S2/c1-9-17-21-29(13-5)25-35(26-30(14-6)22-18-10-2,33(37)45-28-32(16-8)24-20-12-4)36(47(39,40)41,34(38)46-48(42,43)44)27-31(15-7)23-19-11-3/h29-32H,9-28H2,1-8H3,(H,39,40,41)(H,42,43,44). The summed E-state index contributed by atoms with van der Waals surface area (Å²) in [6, 6.07) is 0. The zero-order valence-corrected chi connectivity index (χ0v) is 33.1. The zero-order chi connectivity index (χ0) is 37.0. The molecule has 286 valence electrons. The molecule has 12 heteroatoms. The van der Waals surface area contributed by atoms with E-state index in [2.05, 4.69) is 11.1 Å². The highest BCUT2D eigenvalue weighted by atomic mass is 32.3. The molecule has 5 unspecified atom stereocenters. The molecule has 0 aliphatic rings. The van der Waals surface area contributed by atoms with E-state index in [9.17, 15) is 30.7 Å². The molecule has 0 saturated carbocycles. The lowest BCUT2D eigenvalue weighted by Gasteiger charge is -2.48. The van der Waals surface area contributed by atoms with Crippen LogP contribution < -0.4 is 0 Å². The highest BCUT2D eigenvalue weighted by Crippen LogP contribution is 2.55. The van der Waals surface area contributed by atoms with Gasteiger partial charge in [-0.15, -0.1) is 0 Å². The zero-order valence-electron chi connectivity index (χ0n) is 31.4. The number of esters is 1. The van der Waals surface area contributed by atoms with Gasteiger partial charge in [0.15, 0.2) is 0 Å². The molecule has 0 heterocycles. The summed E-state index contributed by atoms with van der Waals surface area (Å²) in [5, 5.41) is 0. The molecule has 5 atom stereocenters. The molecular formula is C36H70O10S2. The lowest BCUT2D eigenvalue weighted by atomic mass is 9.60. The molecule has 0 bridgehead atoms. The summed E-state index contributed by atoms with van der Waals surface area (Å²) in [6.07, 6.45) is 10.5. The predicted molar refractivity (Wildman–Crippen MR) is 192 cm³/mol. The second-order valence-electron chi connectivity index (χ2n) is 14.1. The van der Waals surface area contributed by atoms with Crippen molar-refractivity contribution in [3.63, 3.8) is 0 Å². The van der Waals surface area contributed by atoms with E-state index in [-0.39, 0.29) is 37.2 Å². The summed E-state index contributed by atoms with van der Waals surface area (Å²) in [5.41, 5.74) is -2.20. The molecule has 0 aliphatic heterocycles. The topological polar surface area (TPSA) is 161 Å². The Morgan fingerprint density at radius 1 is 0.562 bits per heavy atom. The van der Waals surface area contributed by atoms with Gasteiger partial charge in [-0.2, -0.15) is 16.8 Å². The van der Waals surface area contributed by atoms with Gasteiger partial charge in [-0.1, -0.05) is 152 Å². The molecule has 0 rings (SSSR count). The van der Waals surface area contributed by atoms with Gasteiger partial charge in [-0.05, 0) is 49.4 Å². The van der Waals surface area contributed by atoms with E-state index in [0.29, 0.717) is 51.4 Å². The average molecular weight is 727 g/mol. The lowest BCUT2D eigenvalue weighted by molar-refractivity contribution is -0.170. The van der Waals surface area contributed by atoms with E-state index < -0.39 is 55.0 Å². The first-order chi connectivity index (χ1) is 22.5. The Bertz CT molecular complexity index is 1100. The first kappa shape index (κ1) is 46.8. The molecule has 48 heavy (non-hydrogen) atoms.